The number of aromatic nitrogens is 1. The average Bonchev–Trinajstić information content (AvgIpc) is 2.77. The summed E-state index contributed by atoms with van der Waals surface area (Å²) < 4.78 is 9.98. The molecule has 1 heterocycles. The quantitative estimate of drug-likeness (QED) is 0.935. The molecule has 0 saturated carbocycles. The number of amides is 1. The van der Waals surface area contributed by atoms with Crippen LogP contribution in [0.5, 0.6) is 5.75 Å². The van der Waals surface area contributed by atoms with Gasteiger partial charge in [-0.2, -0.15) is 0 Å². The zero-order valence-electron chi connectivity index (χ0n) is 10.6. The Morgan fingerprint density at radius 2 is 2.26 bits per heavy atom. The fourth-order valence-electron chi connectivity index (χ4n) is 1.61. The molecule has 0 spiro atoms. The minimum absolute atomic E-state index is 0.155. The van der Waals surface area contributed by atoms with E-state index in [9.17, 15) is 4.79 Å². The predicted molar refractivity (Wildman–Crippen MR) is 71.6 cm³/mol. The highest BCUT2D eigenvalue weighted by Crippen LogP contribution is 2.27. The van der Waals surface area contributed by atoms with Crippen molar-refractivity contribution in [3.05, 3.63) is 40.7 Å². The van der Waals surface area contributed by atoms with E-state index in [2.05, 4.69) is 10.5 Å². The first kappa shape index (κ1) is 13.4. The van der Waals surface area contributed by atoms with E-state index in [4.69, 9.17) is 20.9 Å². The number of halogens is 1. The highest BCUT2D eigenvalue weighted by Gasteiger charge is 2.09. The number of hydrogen-bond donors (Lipinski definition) is 1. The van der Waals surface area contributed by atoms with Gasteiger partial charge in [0.15, 0.2) is 0 Å². The van der Waals surface area contributed by atoms with E-state index in [0.717, 1.165) is 0 Å². The third-order valence-electron chi connectivity index (χ3n) is 2.45. The summed E-state index contributed by atoms with van der Waals surface area (Å²) in [6.45, 7) is 1.78. The van der Waals surface area contributed by atoms with Gasteiger partial charge in [-0.05, 0) is 19.1 Å². The van der Waals surface area contributed by atoms with Gasteiger partial charge in [-0.25, -0.2) is 0 Å². The fourth-order valence-corrected chi connectivity index (χ4v) is 1.80. The molecule has 1 aromatic carbocycles. The van der Waals surface area contributed by atoms with Gasteiger partial charge in [0.1, 0.15) is 11.5 Å². The molecule has 1 N–H and O–H groups in total. The van der Waals surface area contributed by atoms with Crippen LogP contribution in [0.3, 0.4) is 0 Å². The van der Waals surface area contributed by atoms with E-state index in [1.165, 1.54) is 7.11 Å². The van der Waals surface area contributed by atoms with Gasteiger partial charge in [-0.3, -0.25) is 4.79 Å². The number of methoxy groups -OCH3 is 1. The van der Waals surface area contributed by atoms with Crippen molar-refractivity contribution in [3.63, 3.8) is 0 Å². The Labute approximate surface area is 115 Å². The third kappa shape index (κ3) is 3.48. The van der Waals surface area contributed by atoms with Gasteiger partial charge in [-0.15, -0.1) is 0 Å². The Bertz CT molecular complexity index is 595. The molecule has 1 amide bonds. The second-order valence-electron chi connectivity index (χ2n) is 4.00. The summed E-state index contributed by atoms with van der Waals surface area (Å²) in [4.78, 5) is 11.8. The van der Waals surface area contributed by atoms with Crippen LogP contribution in [0.4, 0.5) is 5.69 Å². The number of hydrogen-bond acceptors (Lipinski definition) is 4. The van der Waals surface area contributed by atoms with Crippen LogP contribution in [0.25, 0.3) is 0 Å². The summed E-state index contributed by atoms with van der Waals surface area (Å²) in [5.74, 6) is 1.00. The molecule has 0 bridgehead atoms. The molecule has 0 unspecified atom stereocenters. The maximum Gasteiger partial charge on any atom is 0.230 e. The number of ether oxygens (including phenoxy) is 1. The van der Waals surface area contributed by atoms with E-state index in [0.29, 0.717) is 27.9 Å². The Hall–Kier alpha value is -2.01. The molecule has 0 fully saturated rings. The van der Waals surface area contributed by atoms with Gasteiger partial charge in [0.2, 0.25) is 5.91 Å². The molecular weight excluding hydrogens is 268 g/mol. The van der Waals surface area contributed by atoms with Crippen molar-refractivity contribution in [2.45, 2.75) is 13.3 Å². The first-order chi connectivity index (χ1) is 9.08. The zero-order valence-corrected chi connectivity index (χ0v) is 11.3. The molecule has 5 nitrogen and oxygen atoms in total. The first-order valence-corrected chi connectivity index (χ1v) is 6.02. The molecule has 0 saturated heterocycles. The SMILES string of the molecule is COc1cc(NC(=O)Cc2cc(C)on2)ccc1Cl. The topological polar surface area (TPSA) is 64.4 Å². The summed E-state index contributed by atoms with van der Waals surface area (Å²) in [5.41, 5.74) is 1.21. The van der Waals surface area contributed by atoms with E-state index < -0.39 is 0 Å². The number of rotatable bonds is 4. The lowest BCUT2D eigenvalue weighted by Gasteiger charge is -2.07. The van der Waals surface area contributed by atoms with Crippen LogP contribution in [0, 0.1) is 6.92 Å². The van der Waals surface area contributed by atoms with Crippen molar-refractivity contribution in [1.82, 2.24) is 5.16 Å². The molecule has 19 heavy (non-hydrogen) atoms. The van der Waals surface area contributed by atoms with Gasteiger partial charge in [0, 0.05) is 17.8 Å². The van der Waals surface area contributed by atoms with Crippen LogP contribution in [0.15, 0.2) is 28.8 Å². The molecule has 0 atom stereocenters. The van der Waals surface area contributed by atoms with Crippen LogP contribution in [-0.2, 0) is 11.2 Å². The van der Waals surface area contributed by atoms with Crippen LogP contribution in [-0.4, -0.2) is 18.2 Å². The lowest BCUT2D eigenvalue weighted by molar-refractivity contribution is -0.115. The highest BCUT2D eigenvalue weighted by atomic mass is 35.5. The van der Waals surface area contributed by atoms with Gasteiger partial charge in [-0.1, -0.05) is 16.8 Å². The molecule has 6 heteroatoms. The first-order valence-electron chi connectivity index (χ1n) is 5.64. The second-order valence-corrected chi connectivity index (χ2v) is 4.41. The second kappa shape index (κ2) is 5.75. The fraction of sp³-hybridized carbons (Fsp3) is 0.231. The monoisotopic (exact) mass is 280 g/mol. The van der Waals surface area contributed by atoms with E-state index in [1.54, 1.807) is 31.2 Å². The smallest absolute Gasteiger partial charge is 0.230 e. The van der Waals surface area contributed by atoms with Gasteiger partial charge < -0.3 is 14.6 Å². The maximum atomic E-state index is 11.8. The van der Waals surface area contributed by atoms with Crippen molar-refractivity contribution in [2.24, 2.45) is 0 Å². The van der Waals surface area contributed by atoms with Gasteiger partial charge >= 0.3 is 0 Å². The van der Waals surface area contributed by atoms with Crippen molar-refractivity contribution in [2.75, 3.05) is 12.4 Å². The predicted octanol–water partition coefficient (Wildman–Crippen LogP) is 2.83. The largest absolute Gasteiger partial charge is 0.495 e. The normalized spacial score (nSPS) is 10.3. The molecule has 2 aromatic rings. The van der Waals surface area contributed by atoms with E-state index >= 15 is 0 Å². The Morgan fingerprint density at radius 1 is 1.47 bits per heavy atom. The molecule has 0 aliphatic carbocycles. The van der Waals surface area contributed by atoms with E-state index in [-0.39, 0.29) is 12.3 Å². The molecular formula is C13H13ClN2O3. The molecule has 1 aromatic heterocycles. The van der Waals surface area contributed by atoms with Crippen LogP contribution >= 0.6 is 11.6 Å². The third-order valence-corrected chi connectivity index (χ3v) is 2.77. The Morgan fingerprint density at radius 3 is 2.89 bits per heavy atom. The number of nitrogens with zero attached hydrogens (tertiary/aromatic N) is 1. The maximum absolute atomic E-state index is 11.8. The molecule has 0 aliphatic rings. The highest BCUT2D eigenvalue weighted by molar-refractivity contribution is 6.32. The minimum atomic E-state index is -0.183. The van der Waals surface area contributed by atoms with Gasteiger partial charge in [0.25, 0.3) is 0 Å². The summed E-state index contributed by atoms with van der Waals surface area (Å²) in [6, 6.07) is 6.75. The molecule has 100 valence electrons. The Balaban J connectivity index is 2.02. The number of benzene rings is 1. The summed E-state index contributed by atoms with van der Waals surface area (Å²) in [5, 5.41) is 7.00. The summed E-state index contributed by atoms with van der Waals surface area (Å²) in [7, 11) is 1.52. The zero-order chi connectivity index (χ0) is 13.8. The average molecular weight is 281 g/mol. The van der Waals surface area contributed by atoms with Crippen LogP contribution in [0.1, 0.15) is 11.5 Å². The number of anilines is 1. The van der Waals surface area contributed by atoms with Gasteiger partial charge in [0.05, 0.1) is 24.2 Å². The lowest BCUT2D eigenvalue weighted by Crippen LogP contribution is -2.14. The van der Waals surface area contributed by atoms with Crippen molar-refractivity contribution < 1.29 is 14.1 Å². The van der Waals surface area contributed by atoms with Crippen molar-refractivity contribution in [3.8, 4) is 5.75 Å². The van der Waals surface area contributed by atoms with Crippen molar-refractivity contribution in [1.29, 1.82) is 0 Å². The Kier molecular flexibility index (Phi) is 4.06. The summed E-state index contributed by atoms with van der Waals surface area (Å²) >= 11 is 5.91. The standard InChI is InChI=1S/C13H13ClN2O3/c1-8-5-10(16-19-8)7-13(17)15-9-3-4-11(14)12(6-9)18-2/h3-6H,7H2,1-2H3,(H,15,17). The lowest BCUT2D eigenvalue weighted by atomic mass is 10.2. The summed E-state index contributed by atoms with van der Waals surface area (Å²) in [6.07, 6.45) is 0.155. The number of aryl methyl sites for hydroxylation is 1. The van der Waals surface area contributed by atoms with Crippen LogP contribution < -0.4 is 10.1 Å². The number of carbonyl (C=O) groups excluding carboxylic acids is 1. The molecule has 0 aliphatic heterocycles. The van der Waals surface area contributed by atoms with Crippen molar-refractivity contribution >= 4 is 23.2 Å². The van der Waals surface area contributed by atoms with Crippen LogP contribution in [0.2, 0.25) is 5.02 Å². The molecule has 2 rings (SSSR count). The number of nitrogens with one attached hydrogen (secondary N) is 1. The number of carbonyl (C=O) groups is 1. The minimum Gasteiger partial charge on any atom is -0.495 e. The molecule has 0 radical (unpaired) electrons. The van der Waals surface area contributed by atoms with E-state index in [1.807, 2.05) is 0 Å².